The first-order valence-electron chi connectivity index (χ1n) is 7.85. The first-order chi connectivity index (χ1) is 11.3. The van der Waals surface area contributed by atoms with Gasteiger partial charge in [-0.25, -0.2) is 4.39 Å². The highest BCUT2D eigenvalue weighted by molar-refractivity contribution is 5.62. The number of pyridine rings is 1. The zero-order valence-corrected chi connectivity index (χ0v) is 12.6. The topological polar surface area (TPSA) is 51.8 Å². The summed E-state index contributed by atoms with van der Waals surface area (Å²) in [4.78, 5) is 8.89. The van der Waals surface area contributed by atoms with Gasteiger partial charge < -0.3 is 4.52 Å². The van der Waals surface area contributed by atoms with E-state index in [0.29, 0.717) is 17.4 Å². The molecule has 2 aromatic heterocycles. The molecule has 1 fully saturated rings. The van der Waals surface area contributed by atoms with Gasteiger partial charge in [0, 0.05) is 23.2 Å². The molecule has 23 heavy (non-hydrogen) atoms. The summed E-state index contributed by atoms with van der Waals surface area (Å²) in [5.41, 5.74) is 2.27. The van der Waals surface area contributed by atoms with Gasteiger partial charge in [0.15, 0.2) is 0 Å². The summed E-state index contributed by atoms with van der Waals surface area (Å²) in [6.07, 6.45) is 6.40. The van der Waals surface area contributed by atoms with E-state index in [4.69, 9.17) is 4.52 Å². The standard InChI is InChI=1S/C18H16FN3O/c19-15-7-3-6-13(10-15)16-9-8-14(11-20-16)17-21-18(23-22-17)12-4-1-2-5-12/h3,6-12H,1-2,4-5H2. The molecular formula is C18H16FN3O. The molecule has 0 bridgehead atoms. The molecular weight excluding hydrogens is 293 g/mol. The summed E-state index contributed by atoms with van der Waals surface area (Å²) < 4.78 is 18.7. The minimum absolute atomic E-state index is 0.271. The lowest BCUT2D eigenvalue weighted by atomic mass is 10.1. The quantitative estimate of drug-likeness (QED) is 0.709. The van der Waals surface area contributed by atoms with Crippen LogP contribution in [0.15, 0.2) is 47.1 Å². The molecule has 0 spiro atoms. The van der Waals surface area contributed by atoms with Crippen LogP contribution in [0.25, 0.3) is 22.6 Å². The number of rotatable bonds is 3. The van der Waals surface area contributed by atoms with Gasteiger partial charge in [-0.3, -0.25) is 4.98 Å². The highest BCUT2D eigenvalue weighted by Gasteiger charge is 2.23. The molecule has 3 aromatic rings. The lowest BCUT2D eigenvalue weighted by Crippen LogP contribution is -1.92. The number of hydrogen-bond donors (Lipinski definition) is 0. The van der Waals surface area contributed by atoms with Crippen LogP contribution in [0.4, 0.5) is 4.39 Å². The second-order valence-corrected chi connectivity index (χ2v) is 5.88. The average Bonchev–Trinajstić information content (AvgIpc) is 3.26. The van der Waals surface area contributed by atoms with Crippen LogP contribution in [0.2, 0.25) is 0 Å². The van der Waals surface area contributed by atoms with Gasteiger partial charge in [0.2, 0.25) is 11.7 Å². The van der Waals surface area contributed by atoms with Gasteiger partial charge in [-0.1, -0.05) is 30.1 Å². The second kappa shape index (κ2) is 5.91. The van der Waals surface area contributed by atoms with Crippen molar-refractivity contribution in [3.8, 4) is 22.6 Å². The van der Waals surface area contributed by atoms with Gasteiger partial charge in [-0.05, 0) is 37.1 Å². The van der Waals surface area contributed by atoms with E-state index in [2.05, 4.69) is 15.1 Å². The SMILES string of the molecule is Fc1cccc(-c2ccc(-c3noc(C4CCCC4)n3)cn2)c1. The van der Waals surface area contributed by atoms with Crippen molar-refractivity contribution >= 4 is 0 Å². The molecule has 0 amide bonds. The number of nitrogens with zero attached hydrogens (tertiary/aromatic N) is 3. The summed E-state index contributed by atoms with van der Waals surface area (Å²) >= 11 is 0. The summed E-state index contributed by atoms with van der Waals surface area (Å²) in [7, 11) is 0. The van der Waals surface area contributed by atoms with Crippen LogP contribution in [0, 0.1) is 5.82 Å². The smallest absolute Gasteiger partial charge is 0.230 e. The third kappa shape index (κ3) is 2.86. The predicted molar refractivity (Wildman–Crippen MR) is 84.1 cm³/mol. The van der Waals surface area contributed by atoms with Crippen molar-refractivity contribution in [2.45, 2.75) is 31.6 Å². The van der Waals surface area contributed by atoms with Crippen LogP contribution >= 0.6 is 0 Å². The molecule has 0 unspecified atom stereocenters. The second-order valence-electron chi connectivity index (χ2n) is 5.88. The van der Waals surface area contributed by atoms with Gasteiger partial charge in [0.1, 0.15) is 5.82 Å². The van der Waals surface area contributed by atoms with Crippen molar-refractivity contribution in [1.29, 1.82) is 0 Å². The van der Waals surface area contributed by atoms with E-state index < -0.39 is 0 Å². The molecule has 0 atom stereocenters. The molecule has 1 aliphatic carbocycles. The van der Waals surface area contributed by atoms with E-state index >= 15 is 0 Å². The first-order valence-corrected chi connectivity index (χ1v) is 7.85. The van der Waals surface area contributed by atoms with Crippen molar-refractivity contribution in [2.75, 3.05) is 0 Å². The van der Waals surface area contributed by atoms with Crippen LogP contribution in [-0.2, 0) is 0 Å². The van der Waals surface area contributed by atoms with Crippen LogP contribution < -0.4 is 0 Å². The zero-order valence-electron chi connectivity index (χ0n) is 12.6. The lowest BCUT2D eigenvalue weighted by molar-refractivity contribution is 0.354. The number of hydrogen-bond acceptors (Lipinski definition) is 4. The van der Waals surface area contributed by atoms with E-state index in [-0.39, 0.29) is 5.82 Å². The fraction of sp³-hybridized carbons (Fsp3) is 0.278. The van der Waals surface area contributed by atoms with Crippen LogP contribution in [-0.4, -0.2) is 15.1 Å². The van der Waals surface area contributed by atoms with E-state index in [1.54, 1.807) is 12.3 Å². The van der Waals surface area contributed by atoms with Crippen LogP contribution in [0.1, 0.15) is 37.5 Å². The molecule has 2 heterocycles. The van der Waals surface area contributed by atoms with Crippen molar-refractivity contribution in [3.63, 3.8) is 0 Å². The minimum atomic E-state index is -0.271. The highest BCUT2D eigenvalue weighted by Crippen LogP contribution is 2.33. The Bertz CT molecular complexity index is 807. The average molecular weight is 309 g/mol. The molecule has 0 aliphatic heterocycles. The lowest BCUT2D eigenvalue weighted by Gasteiger charge is -2.02. The van der Waals surface area contributed by atoms with Gasteiger partial charge in [0.05, 0.1) is 5.69 Å². The molecule has 5 heteroatoms. The Balaban J connectivity index is 1.58. The van der Waals surface area contributed by atoms with E-state index in [1.165, 1.54) is 25.0 Å². The monoisotopic (exact) mass is 309 g/mol. The number of benzene rings is 1. The van der Waals surface area contributed by atoms with Gasteiger partial charge in [0.25, 0.3) is 0 Å². The summed E-state index contributed by atoms with van der Waals surface area (Å²) in [6.45, 7) is 0. The fourth-order valence-corrected chi connectivity index (χ4v) is 3.04. The molecule has 116 valence electrons. The molecule has 1 aliphatic rings. The summed E-state index contributed by atoms with van der Waals surface area (Å²) in [5, 5.41) is 4.06. The number of aromatic nitrogens is 3. The van der Waals surface area contributed by atoms with Crippen molar-refractivity contribution in [3.05, 3.63) is 54.3 Å². The summed E-state index contributed by atoms with van der Waals surface area (Å²) in [6, 6.07) is 10.1. The molecule has 4 nitrogen and oxygen atoms in total. The van der Waals surface area contributed by atoms with Gasteiger partial charge >= 0.3 is 0 Å². The third-order valence-corrected chi connectivity index (χ3v) is 4.29. The van der Waals surface area contributed by atoms with Crippen molar-refractivity contribution < 1.29 is 8.91 Å². The molecule has 4 rings (SSSR count). The van der Waals surface area contributed by atoms with E-state index in [1.807, 2.05) is 18.2 Å². The Morgan fingerprint density at radius 3 is 2.65 bits per heavy atom. The van der Waals surface area contributed by atoms with Crippen LogP contribution in [0.3, 0.4) is 0 Å². The van der Waals surface area contributed by atoms with E-state index in [0.717, 1.165) is 29.9 Å². The first kappa shape index (κ1) is 14.1. The molecule has 0 saturated heterocycles. The van der Waals surface area contributed by atoms with Crippen molar-refractivity contribution in [1.82, 2.24) is 15.1 Å². The normalized spacial score (nSPS) is 15.2. The van der Waals surface area contributed by atoms with E-state index in [9.17, 15) is 4.39 Å². The molecule has 0 N–H and O–H groups in total. The Kier molecular flexibility index (Phi) is 3.61. The Labute approximate surface area is 133 Å². The minimum Gasteiger partial charge on any atom is -0.339 e. The maximum absolute atomic E-state index is 13.3. The number of halogens is 1. The zero-order chi connectivity index (χ0) is 15.6. The maximum Gasteiger partial charge on any atom is 0.230 e. The predicted octanol–water partition coefficient (Wildman–Crippen LogP) is 4.60. The fourth-order valence-electron chi connectivity index (χ4n) is 3.04. The largest absolute Gasteiger partial charge is 0.339 e. The summed E-state index contributed by atoms with van der Waals surface area (Å²) in [5.74, 6) is 1.42. The van der Waals surface area contributed by atoms with Crippen molar-refractivity contribution in [2.24, 2.45) is 0 Å². The van der Waals surface area contributed by atoms with Gasteiger partial charge in [-0.2, -0.15) is 4.98 Å². The molecule has 0 radical (unpaired) electrons. The Morgan fingerprint density at radius 2 is 1.91 bits per heavy atom. The van der Waals surface area contributed by atoms with Crippen LogP contribution in [0.5, 0.6) is 0 Å². The Hall–Kier alpha value is -2.56. The highest BCUT2D eigenvalue weighted by atomic mass is 19.1. The molecule has 1 saturated carbocycles. The molecule has 1 aromatic carbocycles. The Morgan fingerprint density at radius 1 is 1.04 bits per heavy atom. The third-order valence-electron chi connectivity index (χ3n) is 4.29. The van der Waals surface area contributed by atoms with Gasteiger partial charge in [-0.15, -0.1) is 0 Å². The maximum atomic E-state index is 13.3.